The van der Waals surface area contributed by atoms with Gasteiger partial charge in [0.2, 0.25) is 5.91 Å². The van der Waals surface area contributed by atoms with Crippen LogP contribution < -0.4 is 0 Å². The second-order valence-electron chi connectivity index (χ2n) is 7.61. The molecule has 2 heterocycles. The molecular formula is C17H26N4O. The lowest BCUT2D eigenvalue weighted by Crippen LogP contribution is -2.42. The molecule has 1 aliphatic heterocycles. The molecule has 2 bridgehead atoms. The summed E-state index contributed by atoms with van der Waals surface area (Å²) in [5.74, 6) is 3.40. The molecule has 3 fully saturated rings. The van der Waals surface area contributed by atoms with E-state index < -0.39 is 0 Å². The molecule has 4 atom stereocenters. The molecule has 1 aromatic rings. The zero-order valence-corrected chi connectivity index (χ0v) is 13.2. The number of nitrogens with zero attached hydrogens (tertiary/aromatic N) is 4. The maximum absolute atomic E-state index is 12.7. The Balaban J connectivity index is 1.30. The average molecular weight is 302 g/mol. The quantitative estimate of drug-likeness (QED) is 0.858. The Hall–Kier alpha value is -1.39. The fourth-order valence-corrected chi connectivity index (χ4v) is 5.02. The van der Waals surface area contributed by atoms with Crippen LogP contribution in [0.25, 0.3) is 0 Å². The van der Waals surface area contributed by atoms with Gasteiger partial charge in [-0.3, -0.25) is 9.48 Å². The van der Waals surface area contributed by atoms with Gasteiger partial charge in [-0.25, -0.2) is 0 Å². The molecule has 22 heavy (non-hydrogen) atoms. The lowest BCUT2D eigenvalue weighted by Gasteiger charge is -2.34. The van der Waals surface area contributed by atoms with E-state index in [0.717, 1.165) is 44.3 Å². The Labute approximate surface area is 132 Å². The number of rotatable bonds is 4. The highest BCUT2D eigenvalue weighted by Crippen LogP contribution is 2.49. The van der Waals surface area contributed by atoms with Crippen LogP contribution in [0.2, 0.25) is 0 Å². The van der Waals surface area contributed by atoms with Crippen molar-refractivity contribution in [3.8, 4) is 0 Å². The molecule has 0 spiro atoms. The molecule has 4 unspecified atom stereocenters. The van der Waals surface area contributed by atoms with Crippen molar-refractivity contribution in [1.82, 2.24) is 19.9 Å². The Morgan fingerprint density at radius 3 is 2.91 bits per heavy atom. The van der Waals surface area contributed by atoms with Gasteiger partial charge < -0.3 is 4.90 Å². The van der Waals surface area contributed by atoms with Crippen LogP contribution in [0, 0.1) is 23.7 Å². The lowest BCUT2D eigenvalue weighted by atomic mass is 9.86. The first-order valence-electron chi connectivity index (χ1n) is 8.90. The number of carbonyl (C=O) groups is 1. The smallest absolute Gasteiger partial charge is 0.222 e. The molecule has 1 amide bonds. The number of piperidine rings is 1. The van der Waals surface area contributed by atoms with E-state index in [1.165, 1.54) is 32.1 Å². The SMILES string of the molecule is O=C(CC1CC2CCC1C2)N1CCCC(Cn2ccnn2)C1. The lowest BCUT2D eigenvalue weighted by molar-refractivity contribution is -0.134. The first-order chi connectivity index (χ1) is 10.8. The summed E-state index contributed by atoms with van der Waals surface area (Å²) in [5.41, 5.74) is 0. The van der Waals surface area contributed by atoms with Crippen LogP contribution in [0.1, 0.15) is 44.9 Å². The molecule has 0 N–H and O–H groups in total. The van der Waals surface area contributed by atoms with E-state index in [2.05, 4.69) is 15.2 Å². The zero-order valence-electron chi connectivity index (χ0n) is 13.2. The third-order valence-corrected chi connectivity index (χ3v) is 6.11. The molecule has 5 nitrogen and oxygen atoms in total. The van der Waals surface area contributed by atoms with Gasteiger partial charge in [-0.2, -0.15) is 0 Å². The predicted octanol–water partition coefficient (Wildman–Crippen LogP) is 2.34. The van der Waals surface area contributed by atoms with Gasteiger partial charge in [0.25, 0.3) is 0 Å². The molecule has 3 aliphatic rings. The van der Waals surface area contributed by atoms with E-state index in [-0.39, 0.29) is 0 Å². The fourth-order valence-electron chi connectivity index (χ4n) is 5.02. The minimum atomic E-state index is 0.404. The van der Waals surface area contributed by atoms with Crippen LogP contribution in [-0.2, 0) is 11.3 Å². The van der Waals surface area contributed by atoms with Crippen molar-refractivity contribution < 1.29 is 4.79 Å². The topological polar surface area (TPSA) is 51.0 Å². The molecule has 1 aromatic heterocycles. The summed E-state index contributed by atoms with van der Waals surface area (Å²) in [7, 11) is 0. The number of amides is 1. The number of hydrogen-bond acceptors (Lipinski definition) is 3. The van der Waals surface area contributed by atoms with Crippen molar-refractivity contribution in [3.63, 3.8) is 0 Å². The fraction of sp³-hybridized carbons (Fsp3) is 0.824. The number of likely N-dealkylation sites (tertiary alicyclic amines) is 1. The summed E-state index contributed by atoms with van der Waals surface area (Å²) in [6.07, 6.45) is 12.3. The van der Waals surface area contributed by atoms with Crippen molar-refractivity contribution in [1.29, 1.82) is 0 Å². The molecule has 1 saturated heterocycles. The van der Waals surface area contributed by atoms with Crippen LogP contribution in [0.15, 0.2) is 12.4 Å². The number of fused-ring (bicyclic) bond motifs is 2. The van der Waals surface area contributed by atoms with Gasteiger partial charge >= 0.3 is 0 Å². The van der Waals surface area contributed by atoms with E-state index in [4.69, 9.17) is 0 Å². The van der Waals surface area contributed by atoms with Crippen LogP contribution in [-0.4, -0.2) is 38.9 Å². The summed E-state index contributed by atoms with van der Waals surface area (Å²) < 4.78 is 1.90. The number of hydrogen-bond donors (Lipinski definition) is 0. The van der Waals surface area contributed by atoms with E-state index in [1.54, 1.807) is 6.20 Å². The molecule has 120 valence electrons. The molecule has 2 saturated carbocycles. The summed E-state index contributed by atoms with van der Waals surface area (Å²) in [4.78, 5) is 14.8. The maximum Gasteiger partial charge on any atom is 0.222 e. The van der Waals surface area contributed by atoms with Crippen LogP contribution in [0.4, 0.5) is 0 Å². The van der Waals surface area contributed by atoms with Gasteiger partial charge in [-0.05, 0) is 55.8 Å². The van der Waals surface area contributed by atoms with E-state index in [0.29, 0.717) is 17.7 Å². The molecule has 0 radical (unpaired) electrons. The van der Waals surface area contributed by atoms with Crippen molar-refractivity contribution in [2.45, 2.75) is 51.5 Å². The molecule has 0 aromatic carbocycles. The van der Waals surface area contributed by atoms with E-state index in [1.807, 2.05) is 10.9 Å². The number of aromatic nitrogens is 3. The average Bonchev–Trinajstić information content (AvgIpc) is 3.25. The Bertz CT molecular complexity index is 515. The van der Waals surface area contributed by atoms with Crippen molar-refractivity contribution in [3.05, 3.63) is 12.4 Å². The first-order valence-corrected chi connectivity index (χ1v) is 8.90. The summed E-state index contributed by atoms with van der Waals surface area (Å²) >= 11 is 0. The largest absolute Gasteiger partial charge is 0.342 e. The second kappa shape index (κ2) is 6.01. The van der Waals surface area contributed by atoms with Crippen LogP contribution >= 0.6 is 0 Å². The molecule has 5 heteroatoms. The maximum atomic E-state index is 12.7. The van der Waals surface area contributed by atoms with Gasteiger partial charge in [0.15, 0.2) is 0 Å². The highest BCUT2D eigenvalue weighted by molar-refractivity contribution is 5.76. The molecular weight excluding hydrogens is 276 g/mol. The summed E-state index contributed by atoms with van der Waals surface area (Å²) in [5, 5.41) is 7.92. The van der Waals surface area contributed by atoms with Gasteiger partial charge in [0.05, 0.1) is 6.20 Å². The van der Waals surface area contributed by atoms with Crippen molar-refractivity contribution in [2.75, 3.05) is 13.1 Å². The Morgan fingerprint density at radius 1 is 1.23 bits per heavy atom. The summed E-state index contributed by atoms with van der Waals surface area (Å²) in [6, 6.07) is 0. The van der Waals surface area contributed by atoms with Crippen LogP contribution in [0.5, 0.6) is 0 Å². The highest BCUT2D eigenvalue weighted by atomic mass is 16.2. The standard InChI is InChI=1S/C17H26N4O/c22-17(10-16-9-13-3-4-15(16)8-13)20-6-1-2-14(11-20)12-21-7-5-18-19-21/h5,7,13-16H,1-4,6,8-12H2. The third-order valence-electron chi connectivity index (χ3n) is 6.11. The molecule has 2 aliphatic carbocycles. The minimum absolute atomic E-state index is 0.404. The Morgan fingerprint density at radius 2 is 2.18 bits per heavy atom. The second-order valence-corrected chi connectivity index (χ2v) is 7.61. The van der Waals surface area contributed by atoms with E-state index in [9.17, 15) is 4.79 Å². The number of carbonyl (C=O) groups excluding carboxylic acids is 1. The van der Waals surface area contributed by atoms with Crippen molar-refractivity contribution in [2.24, 2.45) is 23.7 Å². The highest BCUT2D eigenvalue weighted by Gasteiger charge is 2.40. The van der Waals surface area contributed by atoms with Crippen molar-refractivity contribution >= 4 is 5.91 Å². The van der Waals surface area contributed by atoms with Gasteiger partial charge in [0, 0.05) is 32.3 Å². The Kier molecular flexibility index (Phi) is 3.89. The van der Waals surface area contributed by atoms with Crippen LogP contribution in [0.3, 0.4) is 0 Å². The monoisotopic (exact) mass is 302 g/mol. The minimum Gasteiger partial charge on any atom is -0.342 e. The molecule has 4 rings (SSSR count). The van der Waals surface area contributed by atoms with Gasteiger partial charge in [-0.1, -0.05) is 11.6 Å². The van der Waals surface area contributed by atoms with Gasteiger partial charge in [-0.15, -0.1) is 5.10 Å². The summed E-state index contributed by atoms with van der Waals surface area (Å²) in [6.45, 7) is 2.74. The third kappa shape index (κ3) is 2.90. The zero-order chi connectivity index (χ0) is 14.9. The predicted molar refractivity (Wildman–Crippen MR) is 82.9 cm³/mol. The first kappa shape index (κ1) is 14.2. The van der Waals surface area contributed by atoms with Gasteiger partial charge in [0.1, 0.15) is 0 Å². The van der Waals surface area contributed by atoms with E-state index >= 15 is 0 Å². The normalized spacial score (nSPS) is 34.3.